The van der Waals surface area contributed by atoms with Crippen LogP contribution in [0.1, 0.15) is 24.8 Å². The van der Waals surface area contributed by atoms with Gasteiger partial charge in [-0.25, -0.2) is 0 Å². The zero-order valence-corrected chi connectivity index (χ0v) is 12.2. The van der Waals surface area contributed by atoms with Gasteiger partial charge in [0.1, 0.15) is 0 Å². The van der Waals surface area contributed by atoms with Crippen LogP contribution < -0.4 is 5.32 Å². The molecule has 3 nitrogen and oxygen atoms in total. The quantitative estimate of drug-likeness (QED) is 0.924. The molecule has 0 aliphatic carbocycles. The average molecular weight is 269 g/mol. The maximum absolute atomic E-state index is 3.82. The largest absolute Gasteiger partial charge is 0.350 e. The minimum atomic E-state index is 0.691. The maximum atomic E-state index is 3.82. The Labute approximate surface area is 120 Å². The first-order valence-electron chi connectivity index (χ1n) is 7.83. The van der Waals surface area contributed by atoms with Crippen LogP contribution in [0.4, 0.5) is 0 Å². The maximum Gasteiger partial charge on any atom is 0.0481 e. The molecule has 4 rings (SSSR count). The van der Waals surface area contributed by atoms with Gasteiger partial charge in [0.25, 0.3) is 0 Å². The lowest BCUT2D eigenvalue weighted by molar-refractivity contribution is 0.298. The van der Waals surface area contributed by atoms with Gasteiger partial charge in [-0.05, 0) is 37.4 Å². The van der Waals surface area contributed by atoms with Gasteiger partial charge in [0.05, 0.1) is 0 Å². The first kappa shape index (κ1) is 12.4. The van der Waals surface area contributed by atoms with E-state index in [0.717, 1.165) is 12.6 Å². The second kappa shape index (κ2) is 4.90. The van der Waals surface area contributed by atoms with Crippen molar-refractivity contribution in [2.75, 3.05) is 13.1 Å². The highest BCUT2D eigenvalue weighted by molar-refractivity contribution is 5.83. The zero-order valence-electron chi connectivity index (χ0n) is 12.2. The van der Waals surface area contributed by atoms with E-state index in [4.69, 9.17) is 0 Å². The Morgan fingerprint density at radius 1 is 1.20 bits per heavy atom. The lowest BCUT2D eigenvalue weighted by Gasteiger charge is -2.21. The van der Waals surface area contributed by atoms with Gasteiger partial charge in [0, 0.05) is 49.3 Å². The van der Waals surface area contributed by atoms with E-state index in [1.807, 2.05) is 0 Å². The van der Waals surface area contributed by atoms with E-state index in [0.29, 0.717) is 6.04 Å². The summed E-state index contributed by atoms with van der Waals surface area (Å²) < 4.78 is 2.24. The molecule has 0 saturated carbocycles. The van der Waals surface area contributed by atoms with Crippen molar-refractivity contribution in [2.24, 2.45) is 7.05 Å². The number of hydrogen-bond donors (Lipinski definition) is 1. The molecule has 3 heteroatoms. The zero-order chi connectivity index (χ0) is 13.5. The summed E-state index contributed by atoms with van der Waals surface area (Å²) in [4.78, 5) is 2.67. The van der Waals surface area contributed by atoms with Crippen molar-refractivity contribution in [3.63, 3.8) is 0 Å². The van der Waals surface area contributed by atoms with Crippen LogP contribution in [0.15, 0.2) is 30.5 Å². The third-order valence-electron chi connectivity index (χ3n) is 5.14. The van der Waals surface area contributed by atoms with Crippen LogP contribution in [0.5, 0.6) is 0 Å². The van der Waals surface area contributed by atoms with E-state index in [-0.39, 0.29) is 0 Å². The molecule has 20 heavy (non-hydrogen) atoms. The van der Waals surface area contributed by atoms with Crippen LogP contribution in [-0.2, 0) is 13.6 Å². The number of aromatic nitrogens is 1. The van der Waals surface area contributed by atoms with Crippen LogP contribution in [0.3, 0.4) is 0 Å². The van der Waals surface area contributed by atoms with Gasteiger partial charge in [-0.3, -0.25) is 4.90 Å². The van der Waals surface area contributed by atoms with Crippen LogP contribution in [0, 0.1) is 0 Å². The van der Waals surface area contributed by atoms with Gasteiger partial charge in [-0.15, -0.1) is 0 Å². The number of hydrogen-bond acceptors (Lipinski definition) is 2. The molecule has 2 aromatic rings. The Balaban J connectivity index is 1.51. The minimum Gasteiger partial charge on any atom is -0.350 e. The molecule has 2 atom stereocenters. The number of fused-ring (bicyclic) bond motifs is 2. The van der Waals surface area contributed by atoms with E-state index in [1.54, 1.807) is 0 Å². The minimum absolute atomic E-state index is 0.691. The molecule has 2 aliphatic heterocycles. The second-order valence-electron chi connectivity index (χ2n) is 6.30. The van der Waals surface area contributed by atoms with Crippen LogP contribution in [0.25, 0.3) is 10.9 Å². The number of benzene rings is 1. The number of para-hydroxylation sites is 1. The number of nitrogens with one attached hydrogen (secondary N) is 1. The third-order valence-corrected chi connectivity index (χ3v) is 5.14. The fourth-order valence-electron chi connectivity index (χ4n) is 4.13. The van der Waals surface area contributed by atoms with Crippen molar-refractivity contribution in [3.8, 4) is 0 Å². The van der Waals surface area contributed by atoms with Crippen molar-refractivity contribution < 1.29 is 0 Å². The summed E-state index contributed by atoms with van der Waals surface area (Å²) in [5.41, 5.74) is 2.76. The molecule has 1 aromatic heterocycles. The van der Waals surface area contributed by atoms with Gasteiger partial charge in [0.15, 0.2) is 0 Å². The molecule has 106 valence electrons. The molecule has 0 bridgehead atoms. The van der Waals surface area contributed by atoms with Gasteiger partial charge in [0.2, 0.25) is 0 Å². The normalized spacial score (nSPS) is 26.4. The number of aryl methyl sites for hydroxylation is 1. The summed E-state index contributed by atoms with van der Waals surface area (Å²) in [5.74, 6) is 0. The van der Waals surface area contributed by atoms with Crippen LogP contribution in [-0.4, -0.2) is 34.6 Å². The highest BCUT2D eigenvalue weighted by Crippen LogP contribution is 2.28. The lowest BCUT2D eigenvalue weighted by Crippen LogP contribution is -2.38. The Kier molecular flexibility index (Phi) is 3.04. The van der Waals surface area contributed by atoms with E-state index in [1.165, 1.54) is 48.8 Å². The molecule has 2 aliphatic rings. The van der Waals surface area contributed by atoms with Gasteiger partial charge < -0.3 is 9.88 Å². The summed E-state index contributed by atoms with van der Waals surface area (Å²) in [6.07, 6.45) is 6.36. The summed E-state index contributed by atoms with van der Waals surface area (Å²) >= 11 is 0. The first-order valence-corrected chi connectivity index (χ1v) is 7.83. The second-order valence-corrected chi connectivity index (χ2v) is 6.30. The van der Waals surface area contributed by atoms with E-state index in [2.05, 4.69) is 52.3 Å². The molecule has 3 heterocycles. The Hall–Kier alpha value is -1.32. The summed E-state index contributed by atoms with van der Waals surface area (Å²) in [6, 6.07) is 10.2. The van der Waals surface area contributed by atoms with Crippen molar-refractivity contribution in [1.82, 2.24) is 14.8 Å². The molecule has 0 radical (unpaired) electrons. The van der Waals surface area contributed by atoms with E-state index < -0.39 is 0 Å². The molecule has 0 spiro atoms. The standard InChI is InChI=1S/C17H23N3/c1-19-12-13(14-5-2-3-6-16(14)19)11-18-15-8-10-20-9-4-7-17(15)20/h2-3,5-6,12,15,17-18H,4,7-11H2,1H3. The van der Waals surface area contributed by atoms with Gasteiger partial charge in [-0.1, -0.05) is 18.2 Å². The fourth-order valence-corrected chi connectivity index (χ4v) is 4.13. The summed E-state index contributed by atoms with van der Waals surface area (Å²) in [5, 5.41) is 5.21. The fraction of sp³-hybridized carbons (Fsp3) is 0.529. The van der Waals surface area contributed by atoms with Crippen molar-refractivity contribution in [3.05, 3.63) is 36.0 Å². The van der Waals surface area contributed by atoms with Crippen molar-refractivity contribution >= 4 is 10.9 Å². The monoisotopic (exact) mass is 269 g/mol. The average Bonchev–Trinajstić information content (AvgIpc) is 3.13. The number of nitrogens with zero attached hydrogens (tertiary/aromatic N) is 2. The molecular formula is C17H23N3. The highest BCUT2D eigenvalue weighted by atomic mass is 15.2. The Morgan fingerprint density at radius 2 is 2.10 bits per heavy atom. The first-order chi connectivity index (χ1) is 9.83. The Bertz CT molecular complexity index is 616. The third kappa shape index (κ3) is 1.97. The SMILES string of the molecule is Cn1cc(CNC2CCN3CCCC23)c2ccccc21. The predicted molar refractivity (Wildman–Crippen MR) is 82.8 cm³/mol. The van der Waals surface area contributed by atoms with E-state index in [9.17, 15) is 0 Å². The molecule has 2 fully saturated rings. The number of rotatable bonds is 3. The lowest BCUT2D eigenvalue weighted by atomic mass is 10.1. The summed E-state index contributed by atoms with van der Waals surface area (Å²) in [6.45, 7) is 3.60. The molecule has 1 aromatic carbocycles. The van der Waals surface area contributed by atoms with E-state index >= 15 is 0 Å². The van der Waals surface area contributed by atoms with Crippen LogP contribution >= 0.6 is 0 Å². The van der Waals surface area contributed by atoms with Gasteiger partial charge in [-0.2, -0.15) is 0 Å². The topological polar surface area (TPSA) is 20.2 Å². The molecule has 2 saturated heterocycles. The Morgan fingerprint density at radius 3 is 3.05 bits per heavy atom. The van der Waals surface area contributed by atoms with Crippen LogP contribution in [0.2, 0.25) is 0 Å². The predicted octanol–water partition coefficient (Wildman–Crippen LogP) is 2.50. The smallest absolute Gasteiger partial charge is 0.0481 e. The molecule has 2 unspecified atom stereocenters. The molecular weight excluding hydrogens is 246 g/mol. The molecule has 0 amide bonds. The van der Waals surface area contributed by atoms with Crippen molar-refractivity contribution in [2.45, 2.75) is 37.9 Å². The van der Waals surface area contributed by atoms with Crippen molar-refractivity contribution in [1.29, 1.82) is 0 Å². The van der Waals surface area contributed by atoms with Gasteiger partial charge >= 0.3 is 0 Å². The molecule has 1 N–H and O–H groups in total. The summed E-state index contributed by atoms with van der Waals surface area (Å²) in [7, 11) is 2.14. The highest BCUT2D eigenvalue weighted by Gasteiger charge is 2.36.